The third-order valence-electron chi connectivity index (χ3n) is 3.23. The number of rotatable bonds is 7. The fourth-order valence-corrected chi connectivity index (χ4v) is 1.99. The molecule has 0 saturated heterocycles. The first-order valence-corrected chi connectivity index (χ1v) is 6.96. The lowest BCUT2D eigenvalue weighted by atomic mass is 9.98. The molecule has 1 unspecified atom stereocenters. The SMILES string of the molecule is C=CCN(CC)C(=O)Nc1ccc(C(C)CC(=O)O)cc1. The van der Waals surface area contributed by atoms with E-state index in [2.05, 4.69) is 11.9 Å². The van der Waals surface area contributed by atoms with Crippen LogP contribution in [0.15, 0.2) is 36.9 Å². The molecule has 114 valence electrons. The molecule has 1 atom stereocenters. The highest BCUT2D eigenvalue weighted by molar-refractivity contribution is 5.89. The minimum absolute atomic E-state index is 0.0554. The van der Waals surface area contributed by atoms with Crippen molar-refractivity contribution in [1.82, 2.24) is 4.90 Å². The number of carboxylic acid groups (broad SMARTS) is 1. The van der Waals surface area contributed by atoms with Gasteiger partial charge in [-0.1, -0.05) is 25.1 Å². The maximum absolute atomic E-state index is 12.0. The number of aliphatic carboxylic acids is 1. The third kappa shape index (κ3) is 5.30. The summed E-state index contributed by atoms with van der Waals surface area (Å²) in [4.78, 5) is 24.3. The van der Waals surface area contributed by atoms with Crippen LogP contribution in [0.1, 0.15) is 31.7 Å². The molecule has 0 aliphatic rings. The zero-order valence-electron chi connectivity index (χ0n) is 12.5. The van der Waals surface area contributed by atoms with Crippen molar-refractivity contribution in [2.75, 3.05) is 18.4 Å². The van der Waals surface area contributed by atoms with E-state index >= 15 is 0 Å². The maximum atomic E-state index is 12.0. The molecule has 0 heterocycles. The normalized spacial score (nSPS) is 11.5. The van der Waals surface area contributed by atoms with Gasteiger partial charge in [0.25, 0.3) is 0 Å². The van der Waals surface area contributed by atoms with Crippen LogP contribution in [0, 0.1) is 0 Å². The standard InChI is InChI=1S/C16H22N2O3/c1-4-10-18(5-2)16(21)17-14-8-6-13(7-9-14)12(3)11-15(19)20/h4,6-9,12H,1,5,10-11H2,2-3H3,(H,17,21)(H,19,20). The highest BCUT2D eigenvalue weighted by Gasteiger charge is 2.12. The van der Waals surface area contributed by atoms with E-state index in [-0.39, 0.29) is 18.4 Å². The van der Waals surface area contributed by atoms with E-state index in [4.69, 9.17) is 5.11 Å². The monoisotopic (exact) mass is 290 g/mol. The van der Waals surface area contributed by atoms with Crippen LogP contribution < -0.4 is 5.32 Å². The zero-order chi connectivity index (χ0) is 15.8. The molecule has 0 fully saturated rings. The van der Waals surface area contributed by atoms with Crippen molar-refractivity contribution in [1.29, 1.82) is 0 Å². The van der Waals surface area contributed by atoms with Gasteiger partial charge in [0.1, 0.15) is 0 Å². The predicted molar refractivity (Wildman–Crippen MR) is 83.6 cm³/mol. The van der Waals surface area contributed by atoms with Crippen molar-refractivity contribution in [3.05, 3.63) is 42.5 Å². The Kier molecular flexibility index (Phi) is 6.46. The van der Waals surface area contributed by atoms with Gasteiger partial charge < -0.3 is 15.3 Å². The second kappa shape index (κ2) is 8.09. The van der Waals surface area contributed by atoms with E-state index in [9.17, 15) is 9.59 Å². The van der Waals surface area contributed by atoms with E-state index in [1.807, 2.05) is 26.0 Å². The lowest BCUT2D eigenvalue weighted by Gasteiger charge is -2.19. The Morgan fingerprint density at radius 2 is 2.00 bits per heavy atom. The van der Waals surface area contributed by atoms with Crippen molar-refractivity contribution in [3.63, 3.8) is 0 Å². The molecule has 1 rings (SSSR count). The van der Waals surface area contributed by atoms with Crippen LogP contribution in [0.25, 0.3) is 0 Å². The van der Waals surface area contributed by atoms with Crippen LogP contribution in [-0.2, 0) is 4.79 Å². The van der Waals surface area contributed by atoms with Crippen LogP contribution in [0.2, 0.25) is 0 Å². The second-order valence-corrected chi connectivity index (χ2v) is 4.88. The summed E-state index contributed by atoms with van der Waals surface area (Å²) in [5.74, 6) is -0.872. The Morgan fingerprint density at radius 1 is 1.38 bits per heavy atom. The van der Waals surface area contributed by atoms with Crippen LogP contribution in [-0.4, -0.2) is 35.1 Å². The molecule has 21 heavy (non-hydrogen) atoms. The number of benzene rings is 1. The average molecular weight is 290 g/mol. The number of hydrogen-bond donors (Lipinski definition) is 2. The summed E-state index contributed by atoms with van der Waals surface area (Å²) in [6.07, 6.45) is 1.77. The first kappa shape index (κ1) is 16.8. The summed E-state index contributed by atoms with van der Waals surface area (Å²) >= 11 is 0. The van der Waals surface area contributed by atoms with E-state index in [1.54, 1.807) is 23.1 Å². The molecule has 0 aliphatic heterocycles. The Balaban J connectivity index is 2.67. The quantitative estimate of drug-likeness (QED) is 0.757. The van der Waals surface area contributed by atoms with Gasteiger partial charge in [0.05, 0.1) is 6.42 Å². The number of anilines is 1. The summed E-state index contributed by atoms with van der Waals surface area (Å²) in [5, 5.41) is 11.6. The third-order valence-corrected chi connectivity index (χ3v) is 3.23. The van der Waals surface area contributed by atoms with Crippen molar-refractivity contribution < 1.29 is 14.7 Å². The summed E-state index contributed by atoms with van der Waals surface area (Å²) in [5.41, 5.74) is 1.63. The van der Waals surface area contributed by atoms with Gasteiger partial charge in [-0.15, -0.1) is 6.58 Å². The van der Waals surface area contributed by atoms with Crippen LogP contribution in [0.4, 0.5) is 10.5 Å². The zero-order valence-corrected chi connectivity index (χ0v) is 12.5. The number of nitrogens with zero attached hydrogens (tertiary/aromatic N) is 1. The fourth-order valence-electron chi connectivity index (χ4n) is 1.99. The van der Waals surface area contributed by atoms with Crippen molar-refractivity contribution in [2.45, 2.75) is 26.2 Å². The highest BCUT2D eigenvalue weighted by Crippen LogP contribution is 2.21. The molecule has 0 aromatic heterocycles. The molecule has 0 aliphatic carbocycles. The Bertz CT molecular complexity index is 497. The largest absolute Gasteiger partial charge is 0.481 e. The van der Waals surface area contributed by atoms with E-state index in [1.165, 1.54) is 0 Å². The van der Waals surface area contributed by atoms with Gasteiger partial charge in [-0.3, -0.25) is 4.79 Å². The number of amides is 2. The van der Waals surface area contributed by atoms with Crippen LogP contribution in [0.5, 0.6) is 0 Å². The van der Waals surface area contributed by atoms with E-state index in [0.717, 1.165) is 5.56 Å². The molecule has 1 aromatic rings. The maximum Gasteiger partial charge on any atom is 0.322 e. The van der Waals surface area contributed by atoms with Crippen LogP contribution in [0.3, 0.4) is 0 Å². The van der Waals surface area contributed by atoms with Gasteiger partial charge in [0.2, 0.25) is 0 Å². The molecular weight excluding hydrogens is 268 g/mol. The molecule has 5 nitrogen and oxygen atoms in total. The molecule has 0 spiro atoms. The van der Waals surface area contributed by atoms with Crippen molar-refractivity contribution in [3.8, 4) is 0 Å². The Morgan fingerprint density at radius 3 is 2.48 bits per heavy atom. The number of carbonyl (C=O) groups excluding carboxylic acids is 1. The average Bonchev–Trinajstić information content (AvgIpc) is 2.44. The van der Waals surface area contributed by atoms with Gasteiger partial charge in [-0.05, 0) is 30.5 Å². The molecule has 0 radical (unpaired) electrons. The summed E-state index contributed by atoms with van der Waals surface area (Å²) in [6, 6.07) is 7.07. The van der Waals surface area contributed by atoms with E-state index in [0.29, 0.717) is 18.8 Å². The molecule has 5 heteroatoms. The Labute approximate surface area is 125 Å². The van der Waals surface area contributed by atoms with Gasteiger partial charge in [0, 0.05) is 18.8 Å². The molecular formula is C16H22N2O3. The number of carboxylic acids is 1. The summed E-state index contributed by atoms with van der Waals surface area (Å²) in [7, 11) is 0. The smallest absolute Gasteiger partial charge is 0.322 e. The minimum atomic E-state index is -0.817. The number of carbonyl (C=O) groups is 2. The minimum Gasteiger partial charge on any atom is -0.481 e. The van der Waals surface area contributed by atoms with Gasteiger partial charge in [-0.2, -0.15) is 0 Å². The first-order valence-electron chi connectivity index (χ1n) is 6.96. The topological polar surface area (TPSA) is 69.6 Å². The molecule has 2 N–H and O–H groups in total. The Hall–Kier alpha value is -2.30. The first-order chi connectivity index (χ1) is 9.97. The lowest BCUT2D eigenvalue weighted by molar-refractivity contribution is -0.137. The molecule has 2 amide bonds. The van der Waals surface area contributed by atoms with Crippen molar-refractivity contribution in [2.24, 2.45) is 0 Å². The highest BCUT2D eigenvalue weighted by atomic mass is 16.4. The summed E-state index contributed by atoms with van der Waals surface area (Å²) in [6.45, 7) is 8.49. The lowest BCUT2D eigenvalue weighted by Crippen LogP contribution is -2.34. The fraction of sp³-hybridized carbons (Fsp3) is 0.375. The van der Waals surface area contributed by atoms with Gasteiger partial charge >= 0.3 is 12.0 Å². The van der Waals surface area contributed by atoms with Gasteiger partial charge in [-0.25, -0.2) is 4.79 Å². The van der Waals surface area contributed by atoms with Crippen molar-refractivity contribution >= 4 is 17.7 Å². The number of urea groups is 1. The number of likely N-dealkylation sites (N-methyl/N-ethyl adjacent to an activating group) is 1. The van der Waals surface area contributed by atoms with Gasteiger partial charge in [0.15, 0.2) is 0 Å². The molecule has 1 aromatic carbocycles. The number of hydrogen-bond acceptors (Lipinski definition) is 2. The second-order valence-electron chi connectivity index (χ2n) is 4.88. The molecule has 0 bridgehead atoms. The van der Waals surface area contributed by atoms with Crippen LogP contribution >= 0.6 is 0 Å². The molecule has 0 saturated carbocycles. The van der Waals surface area contributed by atoms with E-state index < -0.39 is 5.97 Å². The number of nitrogens with one attached hydrogen (secondary N) is 1. The summed E-state index contributed by atoms with van der Waals surface area (Å²) < 4.78 is 0. The predicted octanol–water partition coefficient (Wildman–Crippen LogP) is 3.30.